The molecule has 28 heavy (non-hydrogen) atoms. The Labute approximate surface area is 163 Å². The lowest BCUT2D eigenvalue weighted by atomic mass is 10.3. The number of hydrogen-bond acceptors (Lipinski definition) is 8. The van der Waals surface area contributed by atoms with Gasteiger partial charge in [-0.25, -0.2) is 9.97 Å². The molecule has 10 heteroatoms. The van der Waals surface area contributed by atoms with Gasteiger partial charge in [-0.05, 0) is 13.8 Å². The first-order valence-corrected chi connectivity index (χ1v) is 9.23. The fourth-order valence-electron chi connectivity index (χ4n) is 2.81. The van der Waals surface area contributed by atoms with Crippen molar-refractivity contribution in [2.24, 2.45) is 0 Å². The number of anilines is 2. The summed E-state index contributed by atoms with van der Waals surface area (Å²) in [6.45, 7) is 7.44. The van der Waals surface area contributed by atoms with Crippen LogP contribution >= 0.6 is 0 Å². The van der Waals surface area contributed by atoms with E-state index in [0.717, 1.165) is 24.6 Å². The molecule has 10 nitrogen and oxygen atoms in total. The van der Waals surface area contributed by atoms with Crippen molar-refractivity contribution in [1.29, 1.82) is 0 Å². The van der Waals surface area contributed by atoms with Crippen molar-refractivity contribution >= 4 is 17.7 Å². The molecule has 0 atom stereocenters. The van der Waals surface area contributed by atoms with Crippen molar-refractivity contribution < 1.29 is 9.53 Å². The summed E-state index contributed by atoms with van der Waals surface area (Å²) in [5.41, 5.74) is 1.25. The van der Waals surface area contributed by atoms with Gasteiger partial charge in [-0.15, -0.1) is 0 Å². The quantitative estimate of drug-likeness (QED) is 0.623. The SMILES string of the molecule is Cc1cc(=O)n(CC(=O)NCCNc2nc(C)cc(N3CCOCC3)n2)cn1. The summed E-state index contributed by atoms with van der Waals surface area (Å²) in [6.07, 6.45) is 1.38. The smallest absolute Gasteiger partial charge is 0.253 e. The molecule has 1 aliphatic rings. The fraction of sp³-hybridized carbons (Fsp3) is 0.500. The summed E-state index contributed by atoms with van der Waals surface area (Å²) in [5.74, 6) is 1.14. The van der Waals surface area contributed by atoms with Crippen molar-refractivity contribution in [2.75, 3.05) is 49.6 Å². The van der Waals surface area contributed by atoms with Gasteiger partial charge in [-0.3, -0.25) is 14.2 Å². The van der Waals surface area contributed by atoms with Crippen molar-refractivity contribution in [3.63, 3.8) is 0 Å². The van der Waals surface area contributed by atoms with E-state index in [1.165, 1.54) is 17.0 Å². The number of hydrogen-bond donors (Lipinski definition) is 2. The molecule has 3 heterocycles. The van der Waals surface area contributed by atoms with Gasteiger partial charge in [0.2, 0.25) is 11.9 Å². The summed E-state index contributed by atoms with van der Waals surface area (Å²) in [6, 6.07) is 3.35. The molecular weight excluding hydrogens is 362 g/mol. The topological polar surface area (TPSA) is 114 Å². The number of carbonyl (C=O) groups is 1. The highest BCUT2D eigenvalue weighted by Gasteiger charge is 2.14. The first-order chi connectivity index (χ1) is 13.5. The summed E-state index contributed by atoms with van der Waals surface area (Å²) in [4.78, 5) is 38.9. The predicted molar refractivity (Wildman–Crippen MR) is 105 cm³/mol. The molecule has 150 valence electrons. The van der Waals surface area contributed by atoms with E-state index in [-0.39, 0.29) is 18.0 Å². The average molecular weight is 387 g/mol. The van der Waals surface area contributed by atoms with Crippen LogP contribution in [0.5, 0.6) is 0 Å². The van der Waals surface area contributed by atoms with Crippen LogP contribution < -0.4 is 21.1 Å². The van der Waals surface area contributed by atoms with Gasteiger partial charge in [-0.2, -0.15) is 4.98 Å². The second-order valence-corrected chi connectivity index (χ2v) is 6.56. The van der Waals surface area contributed by atoms with E-state index in [2.05, 4.69) is 30.5 Å². The number of aromatic nitrogens is 4. The number of ether oxygens (including phenoxy) is 1. The minimum absolute atomic E-state index is 0.0613. The molecule has 0 saturated carbocycles. The van der Waals surface area contributed by atoms with Crippen LogP contribution in [0, 0.1) is 13.8 Å². The van der Waals surface area contributed by atoms with E-state index in [4.69, 9.17) is 4.74 Å². The molecule has 3 rings (SSSR count). The first-order valence-electron chi connectivity index (χ1n) is 9.23. The number of rotatable bonds is 7. The molecule has 0 bridgehead atoms. The van der Waals surface area contributed by atoms with Gasteiger partial charge >= 0.3 is 0 Å². The zero-order valence-corrected chi connectivity index (χ0v) is 16.1. The van der Waals surface area contributed by atoms with Crippen LogP contribution in [-0.2, 0) is 16.1 Å². The van der Waals surface area contributed by atoms with Gasteiger partial charge in [0.15, 0.2) is 0 Å². The van der Waals surface area contributed by atoms with Gasteiger partial charge in [-0.1, -0.05) is 0 Å². The Bertz CT molecular complexity index is 878. The molecule has 2 aromatic rings. The molecule has 0 aliphatic carbocycles. The summed E-state index contributed by atoms with van der Waals surface area (Å²) >= 11 is 0. The van der Waals surface area contributed by atoms with Crippen LogP contribution in [0.4, 0.5) is 11.8 Å². The summed E-state index contributed by atoms with van der Waals surface area (Å²) in [7, 11) is 0. The number of nitrogens with one attached hydrogen (secondary N) is 2. The Morgan fingerprint density at radius 1 is 1.14 bits per heavy atom. The van der Waals surface area contributed by atoms with E-state index in [0.29, 0.717) is 37.9 Å². The Balaban J connectivity index is 1.47. The molecule has 0 radical (unpaired) electrons. The third-order valence-corrected chi connectivity index (χ3v) is 4.24. The van der Waals surface area contributed by atoms with E-state index < -0.39 is 0 Å². The summed E-state index contributed by atoms with van der Waals surface area (Å²) < 4.78 is 6.65. The second-order valence-electron chi connectivity index (χ2n) is 6.56. The van der Waals surface area contributed by atoms with Crippen LogP contribution in [0.15, 0.2) is 23.3 Å². The van der Waals surface area contributed by atoms with Crippen molar-refractivity contribution in [3.05, 3.63) is 40.2 Å². The zero-order chi connectivity index (χ0) is 19.9. The Morgan fingerprint density at radius 3 is 2.68 bits per heavy atom. The first kappa shape index (κ1) is 19.7. The molecule has 1 amide bonds. The molecule has 1 aliphatic heterocycles. The average Bonchev–Trinajstić information content (AvgIpc) is 2.68. The standard InChI is InChI=1S/C18H25N7O3/c1-13-10-17(27)25(12-21-13)11-16(26)19-3-4-20-18-22-14(2)9-15(23-18)24-5-7-28-8-6-24/h9-10,12H,3-8,11H2,1-2H3,(H,19,26)(H,20,22,23). The number of nitrogens with zero attached hydrogens (tertiary/aromatic N) is 5. The maximum absolute atomic E-state index is 12.0. The highest BCUT2D eigenvalue weighted by atomic mass is 16.5. The number of morpholine rings is 1. The second kappa shape index (κ2) is 9.27. The molecular formula is C18H25N7O3. The van der Waals surface area contributed by atoms with Gasteiger partial charge in [0, 0.05) is 49.7 Å². The molecule has 2 N–H and O–H groups in total. The van der Waals surface area contributed by atoms with Crippen molar-refractivity contribution in [1.82, 2.24) is 24.8 Å². The lowest BCUT2D eigenvalue weighted by molar-refractivity contribution is -0.121. The maximum Gasteiger partial charge on any atom is 0.253 e. The molecule has 0 spiro atoms. The van der Waals surface area contributed by atoms with Gasteiger partial charge in [0.1, 0.15) is 12.4 Å². The molecule has 0 aromatic carbocycles. The van der Waals surface area contributed by atoms with Gasteiger partial charge in [0.25, 0.3) is 5.56 Å². The molecule has 2 aromatic heterocycles. The molecule has 0 unspecified atom stereocenters. The van der Waals surface area contributed by atoms with Crippen LogP contribution in [0.1, 0.15) is 11.4 Å². The van der Waals surface area contributed by atoms with Gasteiger partial charge < -0.3 is 20.3 Å². The van der Waals surface area contributed by atoms with E-state index in [1.807, 2.05) is 13.0 Å². The highest BCUT2D eigenvalue weighted by molar-refractivity contribution is 5.75. The number of aryl methyl sites for hydroxylation is 2. The minimum Gasteiger partial charge on any atom is -0.378 e. The number of amides is 1. The predicted octanol–water partition coefficient (Wildman–Crippen LogP) is -0.285. The normalized spacial score (nSPS) is 14.0. The van der Waals surface area contributed by atoms with Gasteiger partial charge in [0.05, 0.1) is 19.5 Å². The minimum atomic E-state index is -0.256. The third kappa shape index (κ3) is 5.49. The zero-order valence-electron chi connectivity index (χ0n) is 16.1. The number of carbonyl (C=O) groups excluding carboxylic acids is 1. The molecule has 1 saturated heterocycles. The van der Waals surface area contributed by atoms with Crippen LogP contribution in [-0.4, -0.2) is 64.8 Å². The largest absolute Gasteiger partial charge is 0.378 e. The van der Waals surface area contributed by atoms with Crippen molar-refractivity contribution in [2.45, 2.75) is 20.4 Å². The van der Waals surface area contributed by atoms with E-state index in [9.17, 15) is 9.59 Å². The van der Waals surface area contributed by atoms with Crippen LogP contribution in [0.25, 0.3) is 0 Å². The monoisotopic (exact) mass is 387 g/mol. The third-order valence-electron chi connectivity index (χ3n) is 4.24. The summed E-state index contributed by atoms with van der Waals surface area (Å²) in [5, 5.41) is 5.89. The Kier molecular flexibility index (Phi) is 6.53. The highest BCUT2D eigenvalue weighted by Crippen LogP contribution is 2.15. The van der Waals surface area contributed by atoms with E-state index >= 15 is 0 Å². The Hall–Kier alpha value is -3.01. The maximum atomic E-state index is 12.0. The fourth-order valence-corrected chi connectivity index (χ4v) is 2.81. The lowest BCUT2D eigenvalue weighted by Gasteiger charge is -2.28. The molecule has 1 fully saturated rings. The Morgan fingerprint density at radius 2 is 1.93 bits per heavy atom. The lowest BCUT2D eigenvalue weighted by Crippen LogP contribution is -2.37. The van der Waals surface area contributed by atoms with Crippen LogP contribution in [0.3, 0.4) is 0 Å². The van der Waals surface area contributed by atoms with Crippen molar-refractivity contribution in [3.8, 4) is 0 Å². The van der Waals surface area contributed by atoms with Crippen LogP contribution in [0.2, 0.25) is 0 Å². The van der Waals surface area contributed by atoms with E-state index in [1.54, 1.807) is 6.92 Å².